The number of carbonyl (C=O) groups is 1. The van der Waals surface area contributed by atoms with E-state index in [2.05, 4.69) is 19.2 Å². The van der Waals surface area contributed by atoms with Crippen LogP contribution in [0.4, 0.5) is 0 Å². The lowest BCUT2D eigenvalue weighted by Gasteiger charge is -2.27. The van der Waals surface area contributed by atoms with Gasteiger partial charge in [-0.1, -0.05) is 290 Å². The molecule has 0 aromatic rings. The predicted molar refractivity (Wildman–Crippen MR) is 256 cm³/mol. The number of hydrogen-bond acceptors (Lipinski definition) is 5. The van der Waals surface area contributed by atoms with Crippen molar-refractivity contribution in [2.24, 2.45) is 0 Å². The summed E-state index contributed by atoms with van der Waals surface area (Å²) in [7, 11) is 0. The van der Waals surface area contributed by atoms with Crippen LogP contribution in [-0.2, 0) is 4.79 Å². The highest BCUT2D eigenvalue weighted by Gasteiger charge is 2.28. The molecule has 0 saturated heterocycles. The SMILES string of the molecule is CCCCCCCCCCCCCCCCCCCCCCCCCCCCCCCCCCCCCCC(O)C(=O)NC(CO)C(O)C(O)CCCCCCCCC. The van der Waals surface area contributed by atoms with Crippen LogP contribution in [0, 0.1) is 0 Å². The molecule has 4 unspecified atom stereocenters. The van der Waals surface area contributed by atoms with Crippen molar-refractivity contribution in [3.8, 4) is 0 Å². The van der Waals surface area contributed by atoms with Gasteiger partial charge in [0, 0.05) is 0 Å². The fraction of sp³-hybridized carbons (Fsp3) is 0.981. The first-order chi connectivity index (χ1) is 29.0. The predicted octanol–water partition coefficient (Wildman–Crippen LogP) is 15.1. The zero-order valence-corrected chi connectivity index (χ0v) is 40.0. The normalized spacial score (nSPS) is 13.8. The van der Waals surface area contributed by atoms with Crippen LogP contribution in [0.2, 0.25) is 0 Å². The molecular formula is C53H107NO5. The first kappa shape index (κ1) is 58.3. The standard InChI is InChI=1S/C53H107NO5/c1-3-5-7-9-11-12-13-14-15-16-17-18-19-20-21-22-23-24-25-26-27-28-29-30-31-32-33-34-35-36-37-38-39-41-43-45-47-51(57)53(59)54-49(48-55)52(58)50(56)46-44-42-40-10-8-6-4-2/h49-52,55-58H,3-48H2,1-2H3,(H,54,59). The summed E-state index contributed by atoms with van der Waals surface area (Å²) in [5.74, 6) is -0.581. The molecule has 0 aliphatic rings. The van der Waals surface area contributed by atoms with E-state index < -0.39 is 36.9 Å². The average Bonchev–Trinajstić information content (AvgIpc) is 3.24. The summed E-state index contributed by atoms with van der Waals surface area (Å²) in [5.41, 5.74) is 0. The van der Waals surface area contributed by atoms with Crippen LogP contribution in [0.5, 0.6) is 0 Å². The van der Waals surface area contributed by atoms with Crippen LogP contribution in [0.15, 0.2) is 0 Å². The van der Waals surface area contributed by atoms with Crippen LogP contribution in [-0.4, -0.2) is 57.3 Å². The third-order valence-corrected chi connectivity index (χ3v) is 13.1. The van der Waals surface area contributed by atoms with E-state index in [-0.39, 0.29) is 0 Å². The van der Waals surface area contributed by atoms with E-state index in [1.807, 2.05) is 0 Å². The Kier molecular flexibility index (Phi) is 47.8. The van der Waals surface area contributed by atoms with Gasteiger partial charge in [0.2, 0.25) is 5.91 Å². The molecule has 0 aromatic heterocycles. The number of unbranched alkanes of at least 4 members (excludes halogenated alkanes) is 41. The molecule has 0 spiro atoms. The lowest BCUT2D eigenvalue weighted by Crippen LogP contribution is -2.53. The monoisotopic (exact) mass is 838 g/mol. The average molecular weight is 838 g/mol. The van der Waals surface area contributed by atoms with Crippen molar-refractivity contribution in [3.05, 3.63) is 0 Å². The van der Waals surface area contributed by atoms with Gasteiger partial charge < -0.3 is 25.7 Å². The van der Waals surface area contributed by atoms with E-state index in [0.29, 0.717) is 12.8 Å². The first-order valence-corrected chi connectivity index (χ1v) is 26.9. The van der Waals surface area contributed by atoms with Gasteiger partial charge in [-0.2, -0.15) is 0 Å². The van der Waals surface area contributed by atoms with Crippen LogP contribution < -0.4 is 5.32 Å². The van der Waals surface area contributed by atoms with E-state index in [4.69, 9.17) is 0 Å². The molecule has 0 fully saturated rings. The minimum Gasteiger partial charge on any atom is -0.394 e. The number of aliphatic hydroxyl groups is 4. The topological polar surface area (TPSA) is 110 Å². The summed E-state index contributed by atoms with van der Waals surface area (Å²) in [6.07, 6.45) is 55.1. The molecule has 4 atom stereocenters. The third kappa shape index (κ3) is 42.4. The number of nitrogens with one attached hydrogen (secondary N) is 1. The fourth-order valence-corrected chi connectivity index (χ4v) is 8.82. The molecule has 6 heteroatoms. The second kappa shape index (κ2) is 48.3. The van der Waals surface area contributed by atoms with Crippen LogP contribution in [0.25, 0.3) is 0 Å². The van der Waals surface area contributed by atoms with Crippen molar-refractivity contribution in [1.29, 1.82) is 0 Å². The Labute approximate surface area is 369 Å². The summed E-state index contributed by atoms with van der Waals surface area (Å²) in [4.78, 5) is 12.5. The van der Waals surface area contributed by atoms with E-state index in [9.17, 15) is 25.2 Å². The second-order valence-corrected chi connectivity index (χ2v) is 18.9. The van der Waals surface area contributed by atoms with Crippen LogP contribution in [0.3, 0.4) is 0 Å². The maximum atomic E-state index is 12.5. The molecule has 0 bridgehead atoms. The van der Waals surface area contributed by atoms with Gasteiger partial charge in [-0.05, 0) is 12.8 Å². The maximum Gasteiger partial charge on any atom is 0.249 e. The van der Waals surface area contributed by atoms with Gasteiger partial charge in [0.05, 0.1) is 18.8 Å². The van der Waals surface area contributed by atoms with E-state index in [1.54, 1.807) is 0 Å². The lowest BCUT2D eigenvalue weighted by atomic mass is 9.99. The first-order valence-electron chi connectivity index (χ1n) is 26.9. The number of hydrogen-bond donors (Lipinski definition) is 5. The van der Waals surface area contributed by atoms with Crippen LogP contribution >= 0.6 is 0 Å². The summed E-state index contributed by atoms with van der Waals surface area (Å²) < 4.78 is 0. The van der Waals surface area contributed by atoms with E-state index in [1.165, 1.54) is 238 Å². The molecule has 0 saturated carbocycles. The van der Waals surface area contributed by atoms with Crippen molar-refractivity contribution in [2.75, 3.05) is 6.61 Å². The third-order valence-electron chi connectivity index (χ3n) is 13.1. The second-order valence-electron chi connectivity index (χ2n) is 18.9. The van der Waals surface area contributed by atoms with Gasteiger partial charge in [-0.25, -0.2) is 0 Å². The molecule has 0 rings (SSSR count). The Hall–Kier alpha value is -0.690. The Balaban J connectivity index is 3.40. The smallest absolute Gasteiger partial charge is 0.249 e. The highest BCUT2D eigenvalue weighted by Crippen LogP contribution is 2.18. The summed E-state index contributed by atoms with van der Waals surface area (Å²) in [6, 6.07) is -0.977. The van der Waals surface area contributed by atoms with Gasteiger partial charge in [0.15, 0.2) is 0 Å². The molecule has 0 aliphatic heterocycles. The number of aliphatic hydroxyl groups excluding tert-OH is 4. The Bertz CT molecular complexity index is 811. The maximum absolute atomic E-state index is 12.5. The Morgan fingerprint density at radius 2 is 0.576 bits per heavy atom. The number of amides is 1. The number of rotatable bonds is 50. The molecule has 354 valence electrons. The molecule has 6 nitrogen and oxygen atoms in total. The van der Waals surface area contributed by atoms with Gasteiger partial charge in [0.1, 0.15) is 12.2 Å². The Morgan fingerprint density at radius 3 is 0.814 bits per heavy atom. The zero-order chi connectivity index (χ0) is 43.1. The molecule has 5 N–H and O–H groups in total. The fourth-order valence-electron chi connectivity index (χ4n) is 8.82. The van der Waals surface area contributed by atoms with Crippen molar-refractivity contribution in [1.82, 2.24) is 5.32 Å². The van der Waals surface area contributed by atoms with Gasteiger partial charge in [-0.3, -0.25) is 4.79 Å². The van der Waals surface area contributed by atoms with Crippen molar-refractivity contribution < 1.29 is 25.2 Å². The zero-order valence-electron chi connectivity index (χ0n) is 40.0. The largest absolute Gasteiger partial charge is 0.394 e. The molecule has 0 heterocycles. The highest BCUT2D eigenvalue weighted by molar-refractivity contribution is 5.80. The van der Waals surface area contributed by atoms with E-state index in [0.717, 1.165) is 38.5 Å². The molecule has 59 heavy (non-hydrogen) atoms. The van der Waals surface area contributed by atoms with Crippen LogP contribution in [0.1, 0.15) is 303 Å². The minimum absolute atomic E-state index is 0.375. The van der Waals surface area contributed by atoms with Gasteiger partial charge in [0.25, 0.3) is 0 Å². The van der Waals surface area contributed by atoms with Gasteiger partial charge in [-0.15, -0.1) is 0 Å². The van der Waals surface area contributed by atoms with E-state index >= 15 is 0 Å². The quantitative estimate of drug-likeness (QED) is 0.0392. The lowest BCUT2D eigenvalue weighted by molar-refractivity contribution is -0.132. The van der Waals surface area contributed by atoms with Crippen molar-refractivity contribution in [3.63, 3.8) is 0 Å². The highest BCUT2D eigenvalue weighted by atomic mass is 16.3. The molecular weight excluding hydrogens is 731 g/mol. The summed E-state index contributed by atoms with van der Waals surface area (Å²) >= 11 is 0. The van der Waals surface area contributed by atoms with Crippen molar-refractivity contribution in [2.45, 2.75) is 327 Å². The van der Waals surface area contributed by atoms with Gasteiger partial charge >= 0.3 is 0 Å². The molecule has 0 radical (unpaired) electrons. The molecule has 1 amide bonds. The molecule has 0 aromatic carbocycles. The number of carbonyl (C=O) groups excluding carboxylic acids is 1. The Morgan fingerprint density at radius 1 is 0.356 bits per heavy atom. The minimum atomic E-state index is -1.25. The molecule has 0 aliphatic carbocycles. The summed E-state index contributed by atoms with van der Waals surface area (Å²) in [6.45, 7) is 4.02. The summed E-state index contributed by atoms with van der Waals surface area (Å²) in [5, 5.41) is 43.4. The van der Waals surface area contributed by atoms with Crippen molar-refractivity contribution >= 4 is 5.91 Å².